The molecule has 1 aromatic carbocycles. The van der Waals surface area contributed by atoms with E-state index in [4.69, 9.17) is 16.3 Å². The largest absolute Gasteiger partial charge is 0.477 e. The van der Waals surface area contributed by atoms with Crippen LogP contribution in [0.25, 0.3) is 0 Å². The molecule has 0 unspecified atom stereocenters. The van der Waals surface area contributed by atoms with E-state index in [1.54, 1.807) is 24.3 Å². The molecule has 1 aliphatic heterocycles. The Labute approximate surface area is 152 Å². The number of anilines is 1. The van der Waals surface area contributed by atoms with E-state index >= 15 is 0 Å². The Hall–Kier alpha value is -2.34. The van der Waals surface area contributed by atoms with Crippen molar-refractivity contribution in [3.05, 3.63) is 47.0 Å². The zero-order chi connectivity index (χ0) is 17.6. The normalized spacial score (nSPS) is 14.5. The number of halogens is 1. The summed E-state index contributed by atoms with van der Waals surface area (Å²) < 4.78 is 5.45. The fourth-order valence-corrected chi connectivity index (χ4v) is 2.90. The first-order chi connectivity index (χ1) is 12.2. The molecule has 0 N–H and O–H groups in total. The second kappa shape index (κ2) is 8.16. The van der Waals surface area contributed by atoms with Crippen LogP contribution in [0.4, 0.5) is 5.82 Å². The van der Waals surface area contributed by atoms with Gasteiger partial charge in [0.25, 0.3) is 5.91 Å². The molecule has 132 valence electrons. The molecule has 0 atom stereocenters. The maximum atomic E-state index is 12.5. The minimum Gasteiger partial charge on any atom is -0.477 e. The number of hydrogen-bond donors (Lipinski definition) is 0. The van der Waals surface area contributed by atoms with Gasteiger partial charge >= 0.3 is 0 Å². The van der Waals surface area contributed by atoms with Crippen molar-refractivity contribution in [3.63, 3.8) is 0 Å². The van der Waals surface area contributed by atoms with Gasteiger partial charge in [-0.1, -0.05) is 24.6 Å². The zero-order valence-corrected chi connectivity index (χ0v) is 14.9. The lowest BCUT2D eigenvalue weighted by Gasteiger charge is -2.35. The Balaban J connectivity index is 1.57. The molecule has 2 heterocycles. The summed E-state index contributed by atoms with van der Waals surface area (Å²) in [7, 11) is 0. The number of carbonyl (C=O) groups excluding carboxylic acids is 1. The lowest BCUT2D eigenvalue weighted by molar-refractivity contribution is 0.0746. The molecule has 1 saturated heterocycles. The van der Waals surface area contributed by atoms with Gasteiger partial charge in [0.05, 0.1) is 6.61 Å². The van der Waals surface area contributed by atoms with Gasteiger partial charge in [-0.15, -0.1) is 10.2 Å². The molecule has 1 amide bonds. The molecule has 7 heteroatoms. The number of hydrogen-bond acceptors (Lipinski definition) is 5. The number of aromatic nitrogens is 2. The fraction of sp³-hybridized carbons (Fsp3) is 0.389. The Morgan fingerprint density at radius 1 is 1.16 bits per heavy atom. The molecule has 0 bridgehead atoms. The van der Waals surface area contributed by atoms with Crippen LogP contribution >= 0.6 is 11.6 Å². The predicted molar refractivity (Wildman–Crippen MR) is 97.4 cm³/mol. The summed E-state index contributed by atoms with van der Waals surface area (Å²) in [5.74, 6) is 1.36. The van der Waals surface area contributed by atoms with E-state index in [0.717, 1.165) is 25.3 Å². The quantitative estimate of drug-likeness (QED) is 0.820. The summed E-state index contributed by atoms with van der Waals surface area (Å²) in [5, 5.41) is 8.89. The molecule has 6 nitrogen and oxygen atoms in total. The monoisotopic (exact) mass is 360 g/mol. The van der Waals surface area contributed by atoms with Crippen LogP contribution in [0.2, 0.25) is 5.02 Å². The molecule has 25 heavy (non-hydrogen) atoms. The molecule has 0 spiro atoms. The van der Waals surface area contributed by atoms with Crippen LogP contribution in [0.1, 0.15) is 23.7 Å². The molecule has 1 aromatic heterocycles. The second-order valence-electron chi connectivity index (χ2n) is 5.87. The highest BCUT2D eigenvalue weighted by Crippen LogP contribution is 2.18. The predicted octanol–water partition coefficient (Wildman–Crippen LogP) is 2.88. The van der Waals surface area contributed by atoms with Gasteiger partial charge in [0, 0.05) is 42.8 Å². The molecule has 1 aliphatic rings. The van der Waals surface area contributed by atoms with Crippen LogP contribution < -0.4 is 9.64 Å². The molecular formula is C18H21ClN4O2. The zero-order valence-electron chi connectivity index (χ0n) is 14.2. The second-order valence-corrected chi connectivity index (χ2v) is 6.30. The standard InChI is InChI=1S/C18H21ClN4O2/c1-2-12-25-17-7-6-16(20-21-17)22-8-10-23(11-9-22)18(24)14-4-3-5-15(19)13-14/h3-7,13H,2,8-12H2,1H3. The maximum Gasteiger partial charge on any atom is 0.254 e. The lowest BCUT2D eigenvalue weighted by Crippen LogP contribution is -2.49. The Bertz CT molecular complexity index is 715. The van der Waals surface area contributed by atoms with Crippen LogP contribution in [0.15, 0.2) is 36.4 Å². The molecule has 1 fully saturated rings. The van der Waals surface area contributed by atoms with Crippen molar-refractivity contribution >= 4 is 23.3 Å². The molecule has 0 radical (unpaired) electrons. The van der Waals surface area contributed by atoms with Gasteiger partial charge in [-0.25, -0.2) is 0 Å². The molecule has 0 saturated carbocycles. The van der Waals surface area contributed by atoms with Gasteiger partial charge in [0.15, 0.2) is 5.82 Å². The first-order valence-electron chi connectivity index (χ1n) is 8.43. The molecule has 2 aromatic rings. The minimum absolute atomic E-state index is 0.0107. The third kappa shape index (κ3) is 4.39. The van der Waals surface area contributed by atoms with Gasteiger partial charge in [-0.2, -0.15) is 0 Å². The summed E-state index contributed by atoms with van der Waals surface area (Å²) in [5.41, 5.74) is 0.623. The summed E-state index contributed by atoms with van der Waals surface area (Å²) in [6.45, 7) is 5.40. The Kier molecular flexibility index (Phi) is 5.71. The van der Waals surface area contributed by atoms with E-state index in [2.05, 4.69) is 15.1 Å². The first-order valence-corrected chi connectivity index (χ1v) is 8.81. The highest BCUT2D eigenvalue weighted by atomic mass is 35.5. The third-order valence-corrected chi connectivity index (χ3v) is 4.28. The van der Waals surface area contributed by atoms with E-state index in [1.165, 1.54) is 0 Å². The van der Waals surface area contributed by atoms with Crippen molar-refractivity contribution in [2.45, 2.75) is 13.3 Å². The van der Waals surface area contributed by atoms with Crippen LogP contribution in [0.5, 0.6) is 5.88 Å². The summed E-state index contributed by atoms with van der Waals surface area (Å²) >= 11 is 5.97. The van der Waals surface area contributed by atoms with Gasteiger partial charge in [0.1, 0.15) is 0 Å². The van der Waals surface area contributed by atoms with E-state index < -0.39 is 0 Å². The van der Waals surface area contributed by atoms with Crippen molar-refractivity contribution < 1.29 is 9.53 Å². The molecule has 0 aliphatic carbocycles. The average Bonchev–Trinajstić information content (AvgIpc) is 2.66. The van der Waals surface area contributed by atoms with Gasteiger partial charge in [0.2, 0.25) is 5.88 Å². The Morgan fingerprint density at radius 2 is 1.96 bits per heavy atom. The minimum atomic E-state index is 0.0107. The van der Waals surface area contributed by atoms with Crippen molar-refractivity contribution in [1.82, 2.24) is 15.1 Å². The van der Waals surface area contributed by atoms with Crippen molar-refractivity contribution in [3.8, 4) is 5.88 Å². The highest BCUT2D eigenvalue weighted by Gasteiger charge is 2.23. The Morgan fingerprint density at radius 3 is 2.60 bits per heavy atom. The number of ether oxygens (including phenoxy) is 1. The maximum absolute atomic E-state index is 12.5. The van der Waals surface area contributed by atoms with Crippen molar-refractivity contribution in [1.29, 1.82) is 0 Å². The van der Waals surface area contributed by atoms with Gasteiger partial charge in [-0.3, -0.25) is 4.79 Å². The number of nitrogens with zero attached hydrogens (tertiary/aromatic N) is 4. The summed E-state index contributed by atoms with van der Waals surface area (Å²) in [6.07, 6.45) is 0.937. The number of piperazine rings is 1. The van der Waals surface area contributed by atoms with Crippen LogP contribution in [-0.4, -0.2) is 53.8 Å². The van der Waals surface area contributed by atoms with E-state index in [1.807, 2.05) is 24.0 Å². The number of amides is 1. The average molecular weight is 361 g/mol. The summed E-state index contributed by atoms with van der Waals surface area (Å²) in [4.78, 5) is 16.5. The highest BCUT2D eigenvalue weighted by molar-refractivity contribution is 6.30. The van der Waals surface area contributed by atoms with Crippen molar-refractivity contribution in [2.24, 2.45) is 0 Å². The number of benzene rings is 1. The van der Waals surface area contributed by atoms with E-state index in [0.29, 0.717) is 36.2 Å². The van der Waals surface area contributed by atoms with Crippen molar-refractivity contribution in [2.75, 3.05) is 37.7 Å². The van der Waals surface area contributed by atoms with Crippen LogP contribution in [0.3, 0.4) is 0 Å². The van der Waals surface area contributed by atoms with Gasteiger partial charge in [-0.05, 0) is 30.7 Å². The molecular weight excluding hydrogens is 340 g/mol. The molecule has 3 rings (SSSR count). The fourth-order valence-electron chi connectivity index (χ4n) is 2.71. The van der Waals surface area contributed by atoms with Crippen LogP contribution in [0, 0.1) is 0 Å². The summed E-state index contributed by atoms with van der Waals surface area (Å²) in [6, 6.07) is 10.8. The van der Waals surface area contributed by atoms with Crippen LogP contribution in [-0.2, 0) is 0 Å². The van der Waals surface area contributed by atoms with Gasteiger partial charge < -0.3 is 14.5 Å². The lowest BCUT2D eigenvalue weighted by atomic mass is 10.2. The van der Waals surface area contributed by atoms with E-state index in [-0.39, 0.29) is 5.91 Å². The number of rotatable bonds is 5. The SMILES string of the molecule is CCCOc1ccc(N2CCN(C(=O)c3cccc(Cl)c3)CC2)nn1. The van der Waals surface area contributed by atoms with E-state index in [9.17, 15) is 4.79 Å². The number of carbonyl (C=O) groups is 1. The first kappa shape index (κ1) is 17.5. The smallest absolute Gasteiger partial charge is 0.254 e. The third-order valence-electron chi connectivity index (χ3n) is 4.04. The topological polar surface area (TPSA) is 58.6 Å².